The maximum absolute atomic E-state index is 12.6. The molecule has 2 aromatic rings. The molecule has 0 aliphatic carbocycles. The van der Waals surface area contributed by atoms with Crippen LogP contribution in [0.15, 0.2) is 34.8 Å². The molecule has 2 heterocycles. The molecule has 1 amide bonds. The summed E-state index contributed by atoms with van der Waals surface area (Å²) in [6.45, 7) is -0.434. The molecule has 0 spiro atoms. The Labute approximate surface area is 223 Å². The van der Waals surface area contributed by atoms with Crippen LogP contribution in [-0.2, 0) is 4.84 Å². The van der Waals surface area contributed by atoms with E-state index >= 15 is 0 Å². The Hall–Kier alpha value is -3.33. The first kappa shape index (κ1) is 28.9. The number of nitrogens with one attached hydrogen (secondary N) is 2. The Morgan fingerprint density at radius 2 is 1.42 bits per heavy atom. The topological polar surface area (TPSA) is 183 Å². The standard InChI is InChI=1S/C16H20N8O8S4/c1-19(2)12(33)17-14(25)32-11-6-8-22(27)16(24(11)29)36-35-15-21(26)7-5-10(23(15)28)30-9-31-18-13(34)20(3)4/h5-8H,9H2,1-4H3,(H,18,34)(H,17,25,33). The van der Waals surface area contributed by atoms with Crippen molar-refractivity contribution in [3.05, 3.63) is 45.4 Å². The molecule has 0 bridgehead atoms. The fourth-order valence-electron chi connectivity index (χ4n) is 1.88. The minimum atomic E-state index is -1.06. The van der Waals surface area contributed by atoms with Gasteiger partial charge in [0.1, 0.15) is 33.7 Å². The summed E-state index contributed by atoms with van der Waals surface area (Å²) in [5, 5.41) is 50.8. The molecule has 0 radical (unpaired) electrons. The second-order valence-electron chi connectivity index (χ2n) is 6.70. The number of thiocarbonyl (C=S) groups is 2. The highest BCUT2D eigenvalue weighted by molar-refractivity contribution is 8.76. The number of hydrogen-bond donors (Lipinski definition) is 2. The molecule has 2 aromatic heterocycles. The fraction of sp³-hybridized carbons (Fsp3) is 0.312. The van der Waals surface area contributed by atoms with Crippen molar-refractivity contribution in [2.45, 2.75) is 10.3 Å². The third-order valence-corrected chi connectivity index (χ3v) is 6.80. The number of carbonyl (C=O) groups is 1. The van der Waals surface area contributed by atoms with E-state index in [0.29, 0.717) is 21.6 Å². The van der Waals surface area contributed by atoms with E-state index in [-0.39, 0.29) is 35.0 Å². The molecule has 2 rings (SSSR count). The van der Waals surface area contributed by atoms with Crippen molar-refractivity contribution in [1.29, 1.82) is 0 Å². The van der Waals surface area contributed by atoms with E-state index < -0.39 is 29.1 Å². The van der Waals surface area contributed by atoms with Crippen molar-refractivity contribution in [2.75, 3.05) is 35.0 Å². The predicted molar refractivity (Wildman–Crippen MR) is 132 cm³/mol. The van der Waals surface area contributed by atoms with Gasteiger partial charge in [0.05, 0.1) is 0 Å². The lowest BCUT2D eigenvalue weighted by atomic mass is 10.6. The second-order valence-corrected chi connectivity index (χ2v) is 9.54. The van der Waals surface area contributed by atoms with Gasteiger partial charge in [0, 0.05) is 28.2 Å². The molecular formula is C16H20N8O8S4. The van der Waals surface area contributed by atoms with Gasteiger partial charge in [-0.05, 0) is 24.4 Å². The summed E-state index contributed by atoms with van der Waals surface area (Å²) in [6, 6.07) is 2.05. The van der Waals surface area contributed by atoms with Crippen LogP contribution >= 0.6 is 46.0 Å². The number of ether oxygens (including phenoxy) is 2. The summed E-state index contributed by atoms with van der Waals surface area (Å²) in [6.07, 6.45) is 0.828. The minimum Gasteiger partial charge on any atom is -0.614 e. The van der Waals surface area contributed by atoms with Gasteiger partial charge in [0.15, 0.2) is 22.6 Å². The van der Waals surface area contributed by atoms with Crippen LogP contribution < -0.4 is 39.2 Å². The lowest BCUT2D eigenvalue weighted by molar-refractivity contribution is -0.812. The van der Waals surface area contributed by atoms with Crippen LogP contribution in [0.3, 0.4) is 0 Å². The average Bonchev–Trinajstić information content (AvgIpc) is 2.81. The molecule has 0 saturated carbocycles. The van der Waals surface area contributed by atoms with E-state index in [2.05, 4.69) is 10.8 Å². The molecule has 0 aromatic carbocycles. The minimum absolute atomic E-state index is 0.0146. The van der Waals surface area contributed by atoms with Gasteiger partial charge >= 0.3 is 28.2 Å². The smallest absolute Gasteiger partial charge is 0.518 e. The molecule has 2 N–H and O–H groups in total. The lowest BCUT2D eigenvalue weighted by Gasteiger charge is -2.14. The highest BCUT2D eigenvalue weighted by Crippen LogP contribution is 2.31. The van der Waals surface area contributed by atoms with Crippen molar-refractivity contribution < 1.29 is 38.0 Å². The maximum Gasteiger partial charge on any atom is 0.518 e. The Morgan fingerprint density at radius 1 is 0.917 bits per heavy atom. The Morgan fingerprint density at radius 3 is 1.94 bits per heavy atom. The first-order valence-corrected chi connectivity index (χ1v) is 12.4. The Bertz CT molecular complexity index is 1140. The summed E-state index contributed by atoms with van der Waals surface area (Å²) < 4.78 is 10.6. The summed E-state index contributed by atoms with van der Waals surface area (Å²) in [7, 11) is 7.49. The molecule has 0 saturated heterocycles. The highest BCUT2D eigenvalue weighted by Gasteiger charge is 2.32. The van der Waals surface area contributed by atoms with E-state index in [1.165, 1.54) is 4.90 Å². The molecule has 196 valence electrons. The molecule has 16 nitrogen and oxygen atoms in total. The molecule has 20 heteroatoms. The number of nitrogens with zero attached hydrogens (tertiary/aromatic N) is 6. The van der Waals surface area contributed by atoms with E-state index in [0.717, 1.165) is 24.5 Å². The van der Waals surface area contributed by atoms with Crippen LogP contribution in [0.5, 0.6) is 11.8 Å². The van der Waals surface area contributed by atoms with Gasteiger partial charge in [-0.3, -0.25) is 5.32 Å². The summed E-state index contributed by atoms with van der Waals surface area (Å²) in [5.41, 5.74) is 2.41. The predicted octanol–water partition coefficient (Wildman–Crippen LogP) is -1.34. The molecule has 0 fully saturated rings. The zero-order chi connectivity index (χ0) is 27.0. The van der Waals surface area contributed by atoms with Crippen molar-refractivity contribution in [3.8, 4) is 11.8 Å². The number of hydrogen-bond acceptors (Lipinski definition) is 12. The van der Waals surface area contributed by atoms with Gasteiger partial charge in [-0.1, -0.05) is 9.46 Å². The van der Waals surface area contributed by atoms with Crippen LogP contribution in [0, 0.1) is 20.8 Å². The largest absolute Gasteiger partial charge is 0.614 e. The van der Waals surface area contributed by atoms with E-state index in [9.17, 15) is 25.6 Å². The zero-order valence-electron chi connectivity index (χ0n) is 19.1. The van der Waals surface area contributed by atoms with Crippen LogP contribution in [0.1, 0.15) is 0 Å². The van der Waals surface area contributed by atoms with Crippen molar-refractivity contribution >= 4 is 62.3 Å². The van der Waals surface area contributed by atoms with Gasteiger partial charge in [-0.25, -0.2) is 15.1 Å². The van der Waals surface area contributed by atoms with E-state index in [1.807, 2.05) is 0 Å². The van der Waals surface area contributed by atoms with Crippen molar-refractivity contribution in [3.63, 3.8) is 0 Å². The van der Waals surface area contributed by atoms with E-state index in [1.54, 1.807) is 33.1 Å². The van der Waals surface area contributed by atoms with Gasteiger partial charge in [-0.15, -0.1) is 9.46 Å². The third-order valence-electron chi connectivity index (χ3n) is 3.66. The normalized spacial score (nSPS) is 10.3. The number of rotatable bonds is 8. The number of carbonyl (C=O) groups excluding carboxylic acids is 1. The molecule has 0 atom stereocenters. The molecule has 36 heavy (non-hydrogen) atoms. The van der Waals surface area contributed by atoms with Crippen LogP contribution in [0.2, 0.25) is 0 Å². The van der Waals surface area contributed by atoms with Crippen molar-refractivity contribution in [1.82, 2.24) is 20.6 Å². The number of amides is 1. The molecule has 0 aliphatic heterocycles. The second kappa shape index (κ2) is 13.1. The average molecular weight is 581 g/mol. The van der Waals surface area contributed by atoms with Gasteiger partial charge in [0.2, 0.25) is 6.79 Å². The molecule has 0 unspecified atom stereocenters. The number of aromatic nitrogens is 4. The summed E-state index contributed by atoms with van der Waals surface area (Å²) >= 11 is 9.87. The monoisotopic (exact) mass is 580 g/mol. The van der Waals surface area contributed by atoms with Crippen molar-refractivity contribution in [2.24, 2.45) is 0 Å². The molecular weight excluding hydrogens is 560 g/mol. The van der Waals surface area contributed by atoms with Gasteiger partial charge < -0.3 is 40.1 Å². The maximum atomic E-state index is 12.6. The fourth-order valence-corrected chi connectivity index (χ4v) is 4.05. The summed E-state index contributed by atoms with van der Waals surface area (Å²) in [4.78, 5) is 19.9. The lowest BCUT2D eigenvalue weighted by Crippen LogP contribution is -2.48. The highest BCUT2D eigenvalue weighted by atomic mass is 33.1. The first-order valence-electron chi connectivity index (χ1n) is 9.40. The SMILES string of the molecule is CN(C)C(=S)NOCOc1cc[n+]([O-])c(SSc2[n+]([O-])ccc(OC(=O)NC(=S)N(C)C)[n+]2[O-])[n+]1[O-]. The van der Waals surface area contributed by atoms with Gasteiger partial charge in [-0.2, -0.15) is 0 Å². The first-order chi connectivity index (χ1) is 16.9. The van der Waals surface area contributed by atoms with Crippen LogP contribution in [0.4, 0.5) is 4.79 Å². The van der Waals surface area contributed by atoms with E-state index in [4.69, 9.17) is 38.7 Å². The van der Waals surface area contributed by atoms with Crippen LogP contribution in [-0.4, -0.2) is 61.1 Å². The number of hydroxylamine groups is 1. The Balaban J connectivity index is 2.11. The van der Waals surface area contributed by atoms with Crippen LogP contribution in [0.25, 0.3) is 0 Å². The Kier molecular flexibility index (Phi) is 10.5. The molecule has 0 aliphatic rings. The third kappa shape index (κ3) is 7.84. The quantitative estimate of drug-likeness (QED) is 0.0546. The summed E-state index contributed by atoms with van der Waals surface area (Å²) in [5.74, 6) is -0.856. The zero-order valence-corrected chi connectivity index (χ0v) is 22.4. The van der Waals surface area contributed by atoms with Gasteiger partial charge in [0.25, 0.3) is 0 Å².